The van der Waals surface area contributed by atoms with E-state index in [0.717, 1.165) is 24.9 Å². The third-order valence-electron chi connectivity index (χ3n) is 3.21. The topological polar surface area (TPSA) is 20.3 Å². The predicted molar refractivity (Wildman–Crippen MR) is 73.5 cm³/mol. The van der Waals surface area contributed by atoms with Crippen molar-refractivity contribution >= 4 is 33.4 Å². The molecule has 1 aromatic rings. The first-order valence-corrected chi connectivity index (χ1v) is 7.09. The lowest BCUT2D eigenvalue weighted by atomic mass is 10.0. The largest absolute Gasteiger partial charge is 0.335 e. The summed E-state index contributed by atoms with van der Waals surface area (Å²) in [6, 6.07) is 7.80. The van der Waals surface area contributed by atoms with Crippen molar-refractivity contribution in [3.05, 3.63) is 34.9 Å². The highest BCUT2D eigenvalue weighted by Gasteiger charge is 2.30. The zero-order valence-corrected chi connectivity index (χ0v) is 12.0. The van der Waals surface area contributed by atoms with E-state index in [-0.39, 0.29) is 16.8 Å². The van der Waals surface area contributed by atoms with Crippen LogP contribution in [0.1, 0.15) is 31.4 Å². The predicted octanol–water partition coefficient (Wildman–Crippen LogP) is 3.79. The second-order valence-electron chi connectivity index (χ2n) is 4.37. The van der Waals surface area contributed by atoms with E-state index in [4.69, 9.17) is 11.6 Å². The van der Waals surface area contributed by atoms with Gasteiger partial charge in [-0.2, -0.15) is 0 Å². The molecule has 0 aromatic heterocycles. The fourth-order valence-electron chi connectivity index (χ4n) is 2.19. The molecule has 17 heavy (non-hydrogen) atoms. The molecule has 1 fully saturated rings. The van der Waals surface area contributed by atoms with Crippen LogP contribution in [0, 0.1) is 0 Å². The van der Waals surface area contributed by atoms with Gasteiger partial charge in [-0.1, -0.05) is 39.7 Å². The number of carbonyl (C=O) groups is 1. The summed E-state index contributed by atoms with van der Waals surface area (Å²) in [5.41, 5.74) is 1.09. The molecular formula is C13H15BrClNO. The maximum Gasteiger partial charge on any atom is 0.236 e. The summed E-state index contributed by atoms with van der Waals surface area (Å²) in [7, 11) is 0. The SMILES string of the molecule is CC(c1cccc(Cl)c1)N1CCCC(Br)C1=O. The van der Waals surface area contributed by atoms with Gasteiger partial charge in [0.1, 0.15) is 0 Å². The average molecular weight is 317 g/mol. The van der Waals surface area contributed by atoms with Gasteiger partial charge in [0.05, 0.1) is 10.9 Å². The van der Waals surface area contributed by atoms with Gasteiger partial charge in [-0.05, 0) is 37.5 Å². The molecular weight excluding hydrogens is 302 g/mol. The zero-order chi connectivity index (χ0) is 12.4. The number of hydrogen-bond donors (Lipinski definition) is 0. The minimum Gasteiger partial charge on any atom is -0.335 e. The van der Waals surface area contributed by atoms with Crippen LogP contribution >= 0.6 is 27.5 Å². The summed E-state index contributed by atoms with van der Waals surface area (Å²) in [6.07, 6.45) is 1.98. The van der Waals surface area contributed by atoms with E-state index in [1.165, 1.54) is 0 Å². The van der Waals surface area contributed by atoms with Crippen LogP contribution in [0.3, 0.4) is 0 Å². The molecule has 1 heterocycles. The second kappa shape index (κ2) is 5.40. The number of nitrogens with zero attached hydrogens (tertiary/aromatic N) is 1. The first-order valence-electron chi connectivity index (χ1n) is 5.79. The molecule has 1 aliphatic rings. The van der Waals surface area contributed by atoms with Crippen molar-refractivity contribution < 1.29 is 4.79 Å². The van der Waals surface area contributed by atoms with Crippen LogP contribution in [0.2, 0.25) is 5.02 Å². The first kappa shape index (κ1) is 12.9. The molecule has 0 bridgehead atoms. The van der Waals surface area contributed by atoms with Crippen LogP contribution in [0.25, 0.3) is 0 Å². The molecule has 1 aliphatic heterocycles. The van der Waals surface area contributed by atoms with Gasteiger partial charge in [0.2, 0.25) is 5.91 Å². The van der Waals surface area contributed by atoms with E-state index in [1.807, 2.05) is 29.2 Å². The van der Waals surface area contributed by atoms with E-state index in [2.05, 4.69) is 22.9 Å². The minimum absolute atomic E-state index is 0.0297. The number of amides is 1. The molecule has 1 saturated heterocycles. The Hall–Kier alpha value is -0.540. The molecule has 0 spiro atoms. The molecule has 4 heteroatoms. The normalized spacial score (nSPS) is 22.6. The van der Waals surface area contributed by atoms with E-state index in [9.17, 15) is 4.79 Å². The van der Waals surface area contributed by atoms with Crippen molar-refractivity contribution in [1.29, 1.82) is 0 Å². The monoisotopic (exact) mass is 315 g/mol. The van der Waals surface area contributed by atoms with E-state index in [1.54, 1.807) is 0 Å². The number of carbonyl (C=O) groups excluding carboxylic acids is 1. The third kappa shape index (κ3) is 2.83. The van der Waals surface area contributed by atoms with Crippen LogP contribution in [0.5, 0.6) is 0 Å². The van der Waals surface area contributed by atoms with Gasteiger partial charge in [-0.3, -0.25) is 4.79 Å². The molecule has 2 unspecified atom stereocenters. The number of rotatable bonds is 2. The molecule has 1 aromatic carbocycles. The number of benzene rings is 1. The van der Waals surface area contributed by atoms with Crippen molar-refractivity contribution in [2.24, 2.45) is 0 Å². The first-order chi connectivity index (χ1) is 8.09. The summed E-state index contributed by atoms with van der Waals surface area (Å²) in [4.78, 5) is 14.0. The Morgan fingerprint density at radius 1 is 1.53 bits per heavy atom. The van der Waals surface area contributed by atoms with Crippen LogP contribution in [-0.2, 0) is 4.79 Å². The smallest absolute Gasteiger partial charge is 0.236 e. The molecule has 2 rings (SSSR count). The van der Waals surface area contributed by atoms with Gasteiger partial charge < -0.3 is 4.90 Å². The Labute approximate surface area is 115 Å². The number of hydrogen-bond acceptors (Lipinski definition) is 1. The van der Waals surface area contributed by atoms with E-state index in [0.29, 0.717) is 5.02 Å². The second-order valence-corrected chi connectivity index (χ2v) is 5.91. The lowest BCUT2D eigenvalue weighted by Gasteiger charge is -2.35. The summed E-state index contributed by atoms with van der Waals surface area (Å²) >= 11 is 9.41. The molecule has 2 nitrogen and oxygen atoms in total. The number of likely N-dealkylation sites (tertiary alicyclic amines) is 1. The minimum atomic E-state index is -0.0297. The highest BCUT2D eigenvalue weighted by molar-refractivity contribution is 9.10. The number of halogens is 2. The fourth-order valence-corrected chi connectivity index (χ4v) is 2.97. The molecule has 0 saturated carbocycles. The van der Waals surface area contributed by atoms with Gasteiger partial charge in [-0.15, -0.1) is 0 Å². The summed E-state index contributed by atoms with van der Waals surface area (Å²) < 4.78 is 0. The maximum atomic E-state index is 12.1. The maximum absolute atomic E-state index is 12.1. The van der Waals surface area contributed by atoms with Crippen molar-refractivity contribution in [1.82, 2.24) is 4.90 Å². The molecule has 0 radical (unpaired) electrons. The molecule has 0 aliphatic carbocycles. The number of alkyl halides is 1. The lowest BCUT2D eigenvalue weighted by Crippen LogP contribution is -2.43. The van der Waals surface area contributed by atoms with Crippen LogP contribution in [0.15, 0.2) is 24.3 Å². The standard InChI is InChI=1S/C13H15BrClNO/c1-9(10-4-2-5-11(15)8-10)16-7-3-6-12(14)13(16)17/h2,4-5,8-9,12H,3,6-7H2,1H3. The van der Waals surface area contributed by atoms with Crippen LogP contribution in [0.4, 0.5) is 0 Å². The van der Waals surface area contributed by atoms with Gasteiger partial charge in [-0.25, -0.2) is 0 Å². The summed E-state index contributed by atoms with van der Waals surface area (Å²) in [6.45, 7) is 2.88. The summed E-state index contributed by atoms with van der Waals surface area (Å²) in [5.74, 6) is 0.184. The van der Waals surface area contributed by atoms with Crippen molar-refractivity contribution in [3.63, 3.8) is 0 Å². The third-order valence-corrected chi connectivity index (χ3v) is 4.29. The van der Waals surface area contributed by atoms with E-state index < -0.39 is 0 Å². The van der Waals surface area contributed by atoms with Gasteiger partial charge in [0, 0.05) is 11.6 Å². The highest BCUT2D eigenvalue weighted by Crippen LogP contribution is 2.28. The Kier molecular flexibility index (Phi) is 4.10. The Morgan fingerprint density at radius 2 is 2.29 bits per heavy atom. The van der Waals surface area contributed by atoms with E-state index >= 15 is 0 Å². The Balaban J connectivity index is 2.19. The molecule has 1 amide bonds. The average Bonchev–Trinajstić information content (AvgIpc) is 2.32. The Morgan fingerprint density at radius 3 is 3.00 bits per heavy atom. The molecule has 92 valence electrons. The lowest BCUT2D eigenvalue weighted by molar-refractivity contribution is -0.134. The quantitative estimate of drug-likeness (QED) is 0.760. The summed E-state index contributed by atoms with van der Waals surface area (Å²) in [5, 5.41) is 0.717. The van der Waals surface area contributed by atoms with Crippen molar-refractivity contribution in [2.45, 2.75) is 30.6 Å². The molecule has 0 N–H and O–H groups in total. The zero-order valence-electron chi connectivity index (χ0n) is 9.70. The Bertz CT molecular complexity index is 424. The van der Waals surface area contributed by atoms with Crippen molar-refractivity contribution in [3.8, 4) is 0 Å². The van der Waals surface area contributed by atoms with Crippen LogP contribution < -0.4 is 0 Å². The van der Waals surface area contributed by atoms with Gasteiger partial charge in [0.15, 0.2) is 0 Å². The van der Waals surface area contributed by atoms with Crippen LogP contribution in [-0.4, -0.2) is 22.2 Å². The van der Waals surface area contributed by atoms with Crippen molar-refractivity contribution in [2.75, 3.05) is 6.54 Å². The highest BCUT2D eigenvalue weighted by atomic mass is 79.9. The fraction of sp³-hybridized carbons (Fsp3) is 0.462. The number of piperidine rings is 1. The molecule has 2 atom stereocenters. The van der Waals surface area contributed by atoms with Gasteiger partial charge >= 0.3 is 0 Å². The van der Waals surface area contributed by atoms with Gasteiger partial charge in [0.25, 0.3) is 0 Å².